The molecule has 5 N–H and O–H groups in total. The van der Waals surface area contributed by atoms with Crippen LogP contribution in [0.2, 0.25) is 0 Å². The van der Waals surface area contributed by atoms with Crippen molar-refractivity contribution in [2.24, 2.45) is 5.73 Å². The van der Waals surface area contributed by atoms with Gasteiger partial charge in [0.05, 0.1) is 18.2 Å². The zero-order chi connectivity index (χ0) is 13.0. The molecule has 0 spiro atoms. The van der Waals surface area contributed by atoms with Crippen molar-refractivity contribution in [1.82, 2.24) is 15.5 Å². The molecule has 0 aliphatic carbocycles. The third-order valence-corrected chi connectivity index (χ3v) is 2.08. The first kappa shape index (κ1) is 12.7. The van der Waals surface area contributed by atoms with Crippen LogP contribution in [-0.2, 0) is 9.59 Å². The van der Waals surface area contributed by atoms with E-state index in [4.69, 9.17) is 10.8 Å². The Balaban J connectivity index is 2.74. The number of carboxylic acids is 1. The van der Waals surface area contributed by atoms with Crippen LogP contribution in [0.5, 0.6) is 0 Å². The van der Waals surface area contributed by atoms with Crippen LogP contribution in [0.1, 0.15) is 22.5 Å². The number of carbonyl (C=O) groups is 3. The van der Waals surface area contributed by atoms with Crippen LogP contribution >= 0.6 is 0 Å². The summed E-state index contributed by atoms with van der Waals surface area (Å²) in [5.74, 6) is -2.75. The van der Waals surface area contributed by atoms with E-state index in [0.717, 1.165) is 0 Å². The van der Waals surface area contributed by atoms with E-state index >= 15 is 0 Å². The van der Waals surface area contributed by atoms with Gasteiger partial charge in [0.25, 0.3) is 5.91 Å². The van der Waals surface area contributed by atoms with Gasteiger partial charge in [-0.2, -0.15) is 5.10 Å². The number of amides is 2. The molecular formula is C9H12N4O4. The molecule has 0 saturated carbocycles. The Bertz CT molecular complexity index is 454. The van der Waals surface area contributed by atoms with E-state index in [9.17, 15) is 14.4 Å². The summed E-state index contributed by atoms with van der Waals surface area (Å²) in [7, 11) is 0. The average Bonchev–Trinajstić information content (AvgIpc) is 2.62. The number of nitrogens with two attached hydrogens (primary N) is 1. The molecule has 8 heteroatoms. The van der Waals surface area contributed by atoms with Crippen molar-refractivity contribution in [3.8, 4) is 0 Å². The predicted molar refractivity (Wildman–Crippen MR) is 56.0 cm³/mol. The molecule has 0 fully saturated rings. The highest BCUT2D eigenvalue weighted by molar-refractivity contribution is 5.98. The number of aliphatic carboxylic acids is 1. The lowest BCUT2D eigenvalue weighted by Gasteiger charge is -2.12. The molecular weight excluding hydrogens is 228 g/mol. The zero-order valence-electron chi connectivity index (χ0n) is 9.06. The van der Waals surface area contributed by atoms with Gasteiger partial charge in [0.2, 0.25) is 5.91 Å². The normalized spacial score (nSPS) is 11.8. The van der Waals surface area contributed by atoms with E-state index < -0.39 is 30.2 Å². The topological polar surface area (TPSA) is 138 Å². The second kappa shape index (κ2) is 5.10. The molecule has 1 rings (SSSR count). The first-order chi connectivity index (χ1) is 7.91. The van der Waals surface area contributed by atoms with Gasteiger partial charge in [-0.05, 0) is 6.92 Å². The Kier molecular flexibility index (Phi) is 3.81. The number of primary amides is 1. The monoisotopic (exact) mass is 240 g/mol. The molecule has 1 atom stereocenters. The van der Waals surface area contributed by atoms with Gasteiger partial charge < -0.3 is 16.2 Å². The van der Waals surface area contributed by atoms with Gasteiger partial charge in [0.15, 0.2) is 0 Å². The standard InChI is InChI=1S/C9H12N4O4/c1-4-5(3-11-13-4)8(15)12-6(9(16)17)2-7(10)14/h3,6H,2H2,1H3,(H2,10,14)(H,11,13)(H,12,15)(H,16,17). The van der Waals surface area contributed by atoms with Gasteiger partial charge in [-0.3, -0.25) is 14.7 Å². The highest BCUT2D eigenvalue weighted by Gasteiger charge is 2.23. The summed E-state index contributed by atoms with van der Waals surface area (Å²) in [6.07, 6.45) is 0.811. The summed E-state index contributed by atoms with van der Waals surface area (Å²) in [4.78, 5) is 33.1. The molecule has 0 aliphatic rings. The molecule has 92 valence electrons. The van der Waals surface area contributed by atoms with Crippen molar-refractivity contribution >= 4 is 17.8 Å². The highest BCUT2D eigenvalue weighted by Crippen LogP contribution is 2.03. The van der Waals surface area contributed by atoms with Gasteiger partial charge in [-0.15, -0.1) is 0 Å². The second-order valence-electron chi connectivity index (χ2n) is 3.44. The maximum atomic E-state index is 11.6. The number of carbonyl (C=O) groups excluding carboxylic acids is 2. The van der Waals surface area contributed by atoms with Crippen LogP contribution in [0.25, 0.3) is 0 Å². The first-order valence-electron chi connectivity index (χ1n) is 4.73. The lowest BCUT2D eigenvalue weighted by Crippen LogP contribution is -2.43. The number of carboxylic acid groups (broad SMARTS) is 1. The molecule has 1 aromatic rings. The van der Waals surface area contributed by atoms with Crippen LogP contribution in [-0.4, -0.2) is 39.1 Å². The second-order valence-corrected chi connectivity index (χ2v) is 3.44. The third kappa shape index (κ3) is 3.30. The van der Waals surface area contributed by atoms with E-state index in [1.807, 2.05) is 0 Å². The lowest BCUT2D eigenvalue weighted by atomic mass is 10.1. The molecule has 0 bridgehead atoms. The number of rotatable bonds is 5. The summed E-state index contributed by atoms with van der Waals surface area (Å²) in [5, 5.41) is 17.2. The molecule has 0 radical (unpaired) electrons. The number of H-pyrrole nitrogens is 1. The van der Waals surface area contributed by atoms with E-state index in [1.54, 1.807) is 6.92 Å². The maximum Gasteiger partial charge on any atom is 0.326 e. The number of aromatic amines is 1. The van der Waals surface area contributed by atoms with E-state index in [1.165, 1.54) is 6.20 Å². The Labute approximate surface area is 96.2 Å². The number of aromatic nitrogens is 2. The van der Waals surface area contributed by atoms with Crippen LogP contribution in [0, 0.1) is 6.92 Å². The zero-order valence-corrected chi connectivity index (χ0v) is 9.06. The molecule has 0 aromatic carbocycles. The minimum atomic E-state index is -1.34. The fourth-order valence-electron chi connectivity index (χ4n) is 1.22. The summed E-state index contributed by atoms with van der Waals surface area (Å²) >= 11 is 0. The van der Waals surface area contributed by atoms with Crippen LogP contribution in [0.15, 0.2) is 6.20 Å². The van der Waals surface area contributed by atoms with E-state index in [-0.39, 0.29) is 5.56 Å². The first-order valence-corrected chi connectivity index (χ1v) is 4.73. The van der Waals surface area contributed by atoms with Gasteiger partial charge in [-0.1, -0.05) is 0 Å². The van der Waals surface area contributed by atoms with Gasteiger partial charge in [0, 0.05) is 5.69 Å². The molecule has 1 aromatic heterocycles. The Morgan fingerprint density at radius 2 is 2.24 bits per heavy atom. The summed E-state index contributed by atoms with van der Waals surface area (Å²) in [5.41, 5.74) is 5.61. The van der Waals surface area contributed by atoms with Crippen molar-refractivity contribution in [3.05, 3.63) is 17.5 Å². The van der Waals surface area contributed by atoms with Crippen LogP contribution in [0.3, 0.4) is 0 Å². The molecule has 17 heavy (non-hydrogen) atoms. The van der Waals surface area contributed by atoms with Gasteiger partial charge in [0.1, 0.15) is 6.04 Å². The van der Waals surface area contributed by atoms with Crippen molar-refractivity contribution in [2.45, 2.75) is 19.4 Å². The lowest BCUT2D eigenvalue weighted by molar-refractivity contribution is -0.140. The van der Waals surface area contributed by atoms with Crippen molar-refractivity contribution in [2.75, 3.05) is 0 Å². The SMILES string of the molecule is Cc1[nH]ncc1C(=O)NC(CC(N)=O)C(=O)O. The highest BCUT2D eigenvalue weighted by atomic mass is 16.4. The number of hydrogen-bond donors (Lipinski definition) is 4. The predicted octanol–water partition coefficient (Wildman–Crippen LogP) is -1.22. The third-order valence-electron chi connectivity index (χ3n) is 2.08. The molecule has 0 saturated heterocycles. The number of aryl methyl sites for hydroxylation is 1. The van der Waals surface area contributed by atoms with Gasteiger partial charge in [-0.25, -0.2) is 4.79 Å². The maximum absolute atomic E-state index is 11.6. The quantitative estimate of drug-likeness (QED) is 0.510. The van der Waals surface area contributed by atoms with Crippen molar-refractivity contribution in [1.29, 1.82) is 0 Å². The smallest absolute Gasteiger partial charge is 0.326 e. The molecule has 0 aliphatic heterocycles. The summed E-state index contributed by atoms with van der Waals surface area (Å²) < 4.78 is 0. The summed E-state index contributed by atoms with van der Waals surface area (Å²) in [6.45, 7) is 1.62. The Hall–Kier alpha value is -2.38. The van der Waals surface area contributed by atoms with Crippen molar-refractivity contribution < 1.29 is 19.5 Å². The van der Waals surface area contributed by atoms with Crippen LogP contribution in [0.4, 0.5) is 0 Å². The summed E-state index contributed by atoms with van der Waals surface area (Å²) in [6, 6.07) is -1.34. The van der Waals surface area contributed by atoms with Gasteiger partial charge >= 0.3 is 5.97 Å². The van der Waals surface area contributed by atoms with Crippen molar-refractivity contribution in [3.63, 3.8) is 0 Å². The fourth-order valence-corrected chi connectivity index (χ4v) is 1.22. The van der Waals surface area contributed by atoms with E-state index in [2.05, 4.69) is 15.5 Å². The molecule has 1 heterocycles. The number of nitrogens with zero attached hydrogens (tertiary/aromatic N) is 1. The fraction of sp³-hybridized carbons (Fsp3) is 0.333. The average molecular weight is 240 g/mol. The Morgan fingerprint density at radius 3 is 2.65 bits per heavy atom. The van der Waals surface area contributed by atoms with E-state index in [0.29, 0.717) is 5.69 Å². The van der Waals surface area contributed by atoms with Crippen LogP contribution < -0.4 is 11.1 Å². The minimum Gasteiger partial charge on any atom is -0.480 e. The molecule has 2 amide bonds. The number of hydrogen-bond acceptors (Lipinski definition) is 4. The largest absolute Gasteiger partial charge is 0.480 e. The molecule has 8 nitrogen and oxygen atoms in total. The minimum absolute atomic E-state index is 0.223. The molecule has 1 unspecified atom stereocenters. The Morgan fingerprint density at radius 1 is 1.59 bits per heavy atom. The number of nitrogens with one attached hydrogen (secondary N) is 2.